The van der Waals surface area contributed by atoms with Crippen molar-refractivity contribution in [2.45, 2.75) is 58.6 Å². The summed E-state index contributed by atoms with van der Waals surface area (Å²) in [6.45, 7) is 2.47. The first-order valence-corrected chi connectivity index (χ1v) is 12.1. The number of unbranched alkanes of at least 4 members (excludes halogenated alkanes) is 2. The highest BCUT2D eigenvalue weighted by Gasteiger charge is 2.34. The van der Waals surface area contributed by atoms with Crippen LogP contribution in [0.3, 0.4) is 0 Å². The largest absolute Gasteiger partial charge is 0.461 e. The lowest BCUT2D eigenvalue weighted by molar-refractivity contribution is -0.142. The summed E-state index contributed by atoms with van der Waals surface area (Å²) in [6, 6.07) is 5.40. The number of nitrogens with one attached hydrogen (secondary N) is 3. The van der Waals surface area contributed by atoms with Crippen LogP contribution in [0.2, 0.25) is 0 Å². The van der Waals surface area contributed by atoms with Crippen molar-refractivity contribution in [3.8, 4) is 0 Å². The summed E-state index contributed by atoms with van der Waals surface area (Å²) in [5, 5.41) is 16.9. The standard InChI is InChI=1S/C25H34N4O8/c1-16-12-23(34)29(25(16)36)11-5-3-4-6-21(32)28-20(14-30)24(35)26-13-22(33)27-19-9-7-18(8-10-19)15-37-17(2)31/h7-10,16,20,30H,3-6,11-15H2,1-2H3,(H,26,35)(H,27,33)(H,28,32). The van der Waals surface area contributed by atoms with Crippen LogP contribution in [0.5, 0.6) is 0 Å². The molecule has 0 aromatic heterocycles. The molecule has 2 unspecified atom stereocenters. The van der Waals surface area contributed by atoms with Crippen LogP contribution in [-0.2, 0) is 40.1 Å². The van der Waals surface area contributed by atoms with Crippen molar-refractivity contribution in [1.29, 1.82) is 0 Å². The van der Waals surface area contributed by atoms with E-state index in [2.05, 4.69) is 16.0 Å². The molecule has 2 rings (SSSR count). The number of amides is 5. The van der Waals surface area contributed by atoms with E-state index in [4.69, 9.17) is 4.74 Å². The topological polar surface area (TPSA) is 171 Å². The molecule has 0 spiro atoms. The predicted molar refractivity (Wildman–Crippen MR) is 132 cm³/mol. The van der Waals surface area contributed by atoms with Gasteiger partial charge in [0, 0.05) is 37.9 Å². The summed E-state index contributed by atoms with van der Waals surface area (Å²) in [5.41, 5.74) is 1.22. The van der Waals surface area contributed by atoms with Crippen LogP contribution in [0.4, 0.5) is 5.69 Å². The minimum atomic E-state index is -1.21. The Morgan fingerprint density at radius 3 is 2.38 bits per heavy atom. The average molecular weight is 519 g/mol. The Bertz CT molecular complexity index is 995. The highest BCUT2D eigenvalue weighted by atomic mass is 16.5. The van der Waals surface area contributed by atoms with Gasteiger partial charge in [-0.1, -0.05) is 25.5 Å². The Kier molecular flexibility index (Phi) is 11.7. The number of carbonyl (C=O) groups is 6. The van der Waals surface area contributed by atoms with Crippen LogP contribution in [0, 0.1) is 5.92 Å². The maximum Gasteiger partial charge on any atom is 0.302 e. The summed E-state index contributed by atoms with van der Waals surface area (Å²) in [4.78, 5) is 72.3. The third-order valence-electron chi connectivity index (χ3n) is 5.69. The molecule has 0 radical (unpaired) electrons. The van der Waals surface area contributed by atoms with E-state index >= 15 is 0 Å². The molecule has 1 aliphatic rings. The van der Waals surface area contributed by atoms with E-state index < -0.39 is 36.3 Å². The molecule has 1 saturated heterocycles. The van der Waals surface area contributed by atoms with Gasteiger partial charge in [-0.15, -0.1) is 0 Å². The molecular formula is C25H34N4O8. The number of rotatable bonds is 14. The van der Waals surface area contributed by atoms with Crippen LogP contribution in [0.25, 0.3) is 0 Å². The van der Waals surface area contributed by atoms with Crippen LogP contribution < -0.4 is 16.0 Å². The Morgan fingerprint density at radius 2 is 1.78 bits per heavy atom. The fraction of sp³-hybridized carbons (Fsp3) is 0.520. The molecule has 12 heteroatoms. The van der Waals surface area contributed by atoms with Gasteiger partial charge < -0.3 is 25.8 Å². The van der Waals surface area contributed by atoms with Crippen LogP contribution in [0.15, 0.2) is 24.3 Å². The number of hydrogen-bond acceptors (Lipinski definition) is 8. The lowest BCUT2D eigenvalue weighted by atomic mass is 10.1. The van der Waals surface area contributed by atoms with Crippen molar-refractivity contribution in [3.63, 3.8) is 0 Å². The zero-order chi connectivity index (χ0) is 27.4. The number of ether oxygens (including phenoxy) is 1. The fourth-order valence-corrected chi connectivity index (χ4v) is 3.64. The molecule has 0 aliphatic carbocycles. The highest BCUT2D eigenvalue weighted by Crippen LogP contribution is 2.19. The smallest absolute Gasteiger partial charge is 0.302 e. The van der Waals surface area contributed by atoms with Gasteiger partial charge in [-0.25, -0.2) is 0 Å². The van der Waals surface area contributed by atoms with Gasteiger partial charge in [0.15, 0.2) is 0 Å². The minimum Gasteiger partial charge on any atom is -0.461 e. The van der Waals surface area contributed by atoms with Crippen molar-refractivity contribution in [2.24, 2.45) is 5.92 Å². The number of aliphatic hydroxyl groups is 1. The van der Waals surface area contributed by atoms with Crippen LogP contribution >= 0.6 is 0 Å². The van der Waals surface area contributed by atoms with Gasteiger partial charge in [0.05, 0.1) is 13.2 Å². The minimum absolute atomic E-state index is 0.107. The third kappa shape index (κ3) is 10.00. The normalized spacial score (nSPS) is 15.8. The molecule has 1 fully saturated rings. The van der Waals surface area contributed by atoms with E-state index in [-0.39, 0.29) is 43.7 Å². The second-order valence-electron chi connectivity index (χ2n) is 8.85. The number of esters is 1. The monoisotopic (exact) mass is 518 g/mol. The summed E-state index contributed by atoms with van der Waals surface area (Å²) in [5.74, 6) is -2.66. The molecule has 1 aliphatic heterocycles. The van der Waals surface area contributed by atoms with Gasteiger partial charge >= 0.3 is 5.97 Å². The Balaban J connectivity index is 1.64. The van der Waals surface area contributed by atoms with Gasteiger partial charge in [-0.05, 0) is 30.5 Å². The molecule has 202 valence electrons. The summed E-state index contributed by atoms with van der Waals surface area (Å²) < 4.78 is 4.89. The van der Waals surface area contributed by atoms with Crippen molar-refractivity contribution in [2.75, 3.05) is 25.0 Å². The fourth-order valence-electron chi connectivity index (χ4n) is 3.64. The van der Waals surface area contributed by atoms with Gasteiger partial charge in [-0.3, -0.25) is 33.7 Å². The molecule has 0 bridgehead atoms. The van der Waals surface area contributed by atoms with E-state index in [0.29, 0.717) is 31.5 Å². The van der Waals surface area contributed by atoms with Crippen LogP contribution in [-0.4, -0.2) is 71.2 Å². The summed E-state index contributed by atoms with van der Waals surface area (Å²) >= 11 is 0. The Morgan fingerprint density at radius 1 is 1.08 bits per heavy atom. The first kappa shape index (κ1) is 29.4. The van der Waals surface area contributed by atoms with E-state index in [9.17, 15) is 33.9 Å². The molecule has 2 atom stereocenters. The molecule has 0 saturated carbocycles. The maximum atomic E-state index is 12.3. The number of hydrogen-bond donors (Lipinski definition) is 4. The first-order valence-electron chi connectivity index (χ1n) is 12.1. The highest BCUT2D eigenvalue weighted by molar-refractivity contribution is 6.03. The molecule has 4 N–H and O–H groups in total. The van der Waals surface area contributed by atoms with Gasteiger partial charge in [0.1, 0.15) is 12.6 Å². The average Bonchev–Trinajstić information content (AvgIpc) is 3.10. The van der Waals surface area contributed by atoms with Crippen molar-refractivity contribution >= 4 is 41.2 Å². The Hall–Kier alpha value is -3.80. The number of benzene rings is 1. The Labute approximate surface area is 215 Å². The summed E-state index contributed by atoms with van der Waals surface area (Å²) in [6.07, 6.45) is 2.01. The lowest BCUT2D eigenvalue weighted by Crippen LogP contribution is -2.50. The number of nitrogens with zero attached hydrogens (tertiary/aromatic N) is 1. The molecule has 37 heavy (non-hydrogen) atoms. The zero-order valence-electron chi connectivity index (χ0n) is 21.1. The molecule has 1 aromatic rings. The molecule has 12 nitrogen and oxygen atoms in total. The quantitative estimate of drug-likeness (QED) is 0.154. The van der Waals surface area contributed by atoms with Crippen LogP contribution in [0.1, 0.15) is 51.5 Å². The van der Waals surface area contributed by atoms with Gasteiger partial charge in [0.2, 0.25) is 29.5 Å². The lowest BCUT2D eigenvalue weighted by Gasteiger charge is -2.16. The number of imide groups is 1. The second kappa shape index (κ2) is 14.7. The van der Waals surface area contributed by atoms with E-state index in [1.54, 1.807) is 31.2 Å². The number of anilines is 1. The molecule has 5 amide bonds. The SMILES string of the molecule is CC(=O)OCc1ccc(NC(=O)CNC(=O)C(CO)NC(=O)CCCCCN2C(=O)CC(C)C2=O)cc1. The van der Waals surface area contributed by atoms with E-state index in [1.807, 2.05) is 0 Å². The van der Waals surface area contributed by atoms with Crippen molar-refractivity contribution in [3.05, 3.63) is 29.8 Å². The maximum absolute atomic E-state index is 12.3. The first-order chi connectivity index (χ1) is 17.6. The molecular weight excluding hydrogens is 484 g/mol. The third-order valence-corrected chi connectivity index (χ3v) is 5.69. The second-order valence-corrected chi connectivity index (χ2v) is 8.85. The van der Waals surface area contributed by atoms with E-state index in [0.717, 1.165) is 5.56 Å². The van der Waals surface area contributed by atoms with E-state index in [1.165, 1.54) is 11.8 Å². The van der Waals surface area contributed by atoms with Gasteiger partial charge in [-0.2, -0.15) is 0 Å². The molecule has 1 aromatic carbocycles. The number of carbonyl (C=O) groups excluding carboxylic acids is 6. The van der Waals surface area contributed by atoms with Gasteiger partial charge in [0.25, 0.3) is 0 Å². The van der Waals surface area contributed by atoms with Crippen molar-refractivity contribution in [1.82, 2.24) is 15.5 Å². The molecule has 1 heterocycles. The van der Waals surface area contributed by atoms with Crippen molar-refractivity contribution < 1.29 is 38.6 Å². The number of likely N-dealkylation sites (tertiary alicyclic amines) is 1. The zero-order valence-corrected chi connectivity index (χ0v) is 21.1. The summed E-state index contributed by atoms with van der Waals surface area (Å²) in [7, 11) is 0. The predicted octanol–water partition coefficient (Wildman–Crippen LogP) is 0.237. The number of aliphatic hydroxyl groups excluding tert-OH is 1.